The van der Waals surface area contributed by atoms with E-state index in [2.05, 4.69) is 16.4 Å². The molecule has 0 unspecified atom stereocenters. The topological polar surface area (TPSA) is 42.0 Å². The van der Waals surface area contributed by atoms with E-state index in [-0.39, 0.29) is 5.91 Å². The molecule has 0 aromatic carbocycles. The van der Waals surface area contributed by atoms with E-state index >= 15 is 0 Å². The molecule has 0 radical (unpaired) electrons. The van der Waals surface area contributed by atoms with Crippen molar-refractivity contribution in [3.63, 3.8) is 0 Å². The third kappa shape index (κ3) is 3.66. The lowest BCUT2D eigenvalue weighted by molar-refractivity contribution is -0.115. The number of rotatable bonds is 3. The SMILES string of the molecule is O=C(CC1=CCCCC1)Nc1ccc(F)nc1. The molecule has 1 aliphatic rings. The fraction of sp³-hybridized carbons (Fsp3) is 0.385. The molecule has 4 heteroatoms. The van der Waals surface area contributed by atoms with E-state index in [9.17, 15) is 9.18 Å². The molecule has 0 fully saturated rings. The number of hydrogen-bond acceptors (Lipinski definition) is 2. The number of aromatic nitrogens is 1. The first kappa shape index (κ1) is 11.8. The first-order valence-corrected chi connectivity index (χ1v) is 5.83. The van der Waals surface area contributed by atoms with Gasteiger partial charge in [0.1, 0.15) is 0 Å². The number of halogens is 1. The van der Waals surface area contributed by atoms with Gasteiger partial charge in [-0.15, -0.1) is 0 Å². The lowest BCUT2D eigenvalue weighted by atomic mass is 9.97. The molecule has 3 nitrogen and oxygen atoms in total. The minimum absolute atomic E-state index is 0.0634. The smallest absolute Gasteiger partial charge is 0.228 e. The fourth-order valence-corrected chi connectivity index (χ4v) is 1.93. The van der Waals surface area contributed by atoms with Crippen LogP contribution in [0.5, 0.6) is 0 Å². The number of pyridine rings is 1. The van der Waals surface area contributed by atoms with Crippen molar-refractivity contribution in [1.29, 1.82) is 0 Å². The fourth-order valence-electron chi connectivity index (χ4n) is 1.93. The van der Waals surface area contributed by atoms with Gasteiger partial charge >= 0.3 is 0 Å². The number of nitrogens with one attached hydrogen (secondary N) is 1. The Balaban J connectivity index is 1.88. The van der Waals surface area contributed by atoms with Crippen LogP contribution in [0.2, 0.25) is 0 Å². The van der Waals surface area contributed by atoms with Crippen molar-refractivity contribution >= 4 is 11.6 Å². The average molecular weight is 234 g/mol. The number of amides is 1. The minimum atomic E-state index is -0.544. The van der Waals surface area contributed by atoms with Gasteiger partial charge in [0.2, 0.25) is 11.9 Å². The Hall–Kier alpha value is -1.71. The van der Waals surface area contributed by atoms with Crippen LogP contribution in [0, 0.1) is 5.95 Å². The van der Waals surface area contributed by atoms with Crippen molar-refractivity contribution in [2.45, 2.75) is 32.1 Å². The summed E-state index contributed by atoms with van der Waals surface area (Å²) in [5.74, 6) is -0.607. The second kappa shape index (κ2) is 5.57. The second-order valence-electron chi connectivity index (χ2n) is 4.20. The minimum Gasteiger partial charge on any atom is -0.324 e. The number of carbonyl (C=O) groups excluding carboxylic acids is 1. The number of hydrogen-bond donors (Lipinski definition) is 1. The zero-order valence-electron chi connectivity index (χ0n) is 9.58. The molecule has 1 N–H and O–H groups in total. The Kier molecular flexibility index (Phi) is 3.85. The number of anilines is 1. The molecule has 1 amide bonds. The summed E-state index contributed by atoms with van der Waals surface area (Å²) in [6, 6.07) is 2.74. The summed E-state index contributed by atoms with van der Waals surface area (Å²) in [6.45, 7) is 0. The maximum atomic E-state index is 12.6. The average Bonchev–Trinajstić information content (AvgIpc) is 2.33. The van der Waals surface area contributed by atoms with Crippen molar-refractivity contribution in [2.75, 3.05) is 5.32 Å². The summed E-state index contributed by atoms with van der Waals surface area (Å²) in [6.07, 6.45) is 8.35. The molecule has 90 valence electrons. The Labute approximate surface area is 99.8 Å². The van der Waals surface area contributed by atoms with Gasteiger partial charge in [-0.05, 0) is 37.8 Å². The van der Waals surface area contributed by atoms with Gasteiger partial charge in [0.25, 0.3) is 0 Å². The van der Waals surface area contributed by atoms with Gasteiger partial charge in [-0.25, -0.2) is 4.98 Å². The molecular weight excluding hydrogens is 219 g/mol. The summed E-state index contributed by atoms with van der Waals surface area (Å²) in [4.78, 5) is 15.2. The number of carbonyl (C=O) groups is 1. The van der Waals surface area contributed by atoms with E-state index in [1.54, 1.807) is 0 Å². The Bertz CT molecular complexity index is 426. The van der Waals surface area contributed by atoms with Crippen LogP contribution in [0.4, 0.5) is 10.1 Å². The summed E-state index contributed by atoms with van der Waals surface area (Å²) in [7, 11) is 0. The van der Waals surface area contributed by atoms with Gasteiger partial charge in [-0.3, -0.25) is 4.79 Å². The predicted octanol–water partition coefficient (Wildman–Crippen LogP) is 3.05. The maximum absolute atomic E-state index is 12.6. The van der Waals surface area contributed by atoms with Crippen LogP contribution >= 0.6 is 0 Å². The Morgan fingerprint density at radius 3 is 2.94 bits per heavy atom. The van der Waals surface area contributed by atoms with Crippen molar-refractivity contribution < 1.29 is 9.18 Å². The summed E-state index contributed by atoms with van der Waals surface area (Å²) in [5.41, 5.74) is 1.73. The summed E-state index contributed by atoms with van der Waals surface area (Å²) >= 11 is 0. The van der Waals surface area contributed by atoms with Crippen LogP contribution in [-0.2, 0) is 4.79 Å². The van der Waals surface area contributed by atoms with Crippen LogP contribution in [0.25, 0.3) is 0 Å². The molecule has 1 aliphatic carbocycles. The highest BCUT2D eigenvalue weighted by Gasteiger charge is 2.09. The van der Waals surface area contributed by atoms with Crippen LogP contribution in [0.1, 0.15) is 32.1 Å². The molecule has 17 heavy (non-hydrogen) atoms. The Morgan fingerprint density at radius 2 is 2.29 bits per heavy atom. The largest absolute Gasteiger partial charge is 0.324 e. The number of allylic oxidation sites excluding steroid dienone is 1. The standard InChI is InChI=1S/C13H15FN2O/c14-12-7-6-11(9-15-12)16-13(17)8-10-4-2-1-3-5-10/h4,6-7,9H,1-3,5,8H2,(H,16,17). The van der Waals surface area contributed by atoms with Crippen molar-refractivity contribution in [2.24, 2.45) is 0 Å². The zero-order chi connectivity index (χ0) is 12.1. The van der Waals surface area contributed by atoms with E-state index in [4.69, 9.17) is 0 Å². The van der Waals surface area contributed by atoms with Crippen LogP contribution in [-0.4, -0.2) is 10.9 Å². The van der Waals surface area contributed by atoms with Crippen LogP contribution in [0.3, 0.4) is 0 Å². The van der Waals surface area contributed by atoms with Gasteiger partial charge in [-0.2, -0.15) is 4.39 Å². The molecule has 0 saturated heterocycles. The summed E-state index contributed by atoms with van der Waals surface area (Å²) in [5, 5.41) is 2.71. The third-order valence-electron chi connectivity index (χ3n) is 2.78. The third-order valence-corrected chi connectivity index (χ3v) is 2.78. The van der Waals surface area contributed by atoms with Gasteiger partial charge in [0.05, 0.1) is 11.9 Å². The predicted molar refractivity (Wildman–Crippen MR) is 64.0 cm³/mol. The number of nitrogens with zero attached hydrogens (tertiary/aromatic N) is 1. The van der Waals surface area contributed by atoms with Gasteiger partial charge < -0.3 is 5.32 Å². The monoisotopic (exact) mass is 234 g/mol. The van der Waals surface area contributed by atoms with Gasteiger partial charge in [-0.1, -0.05) is 11.6 Å². The van der Waals surface area contributed by atoms with E-state index in [1.807, 2.05) is 0 Å². The van der Waals surface area contributed by atoms with Crippen LogP contribution in [0.15, 0.2) is 30.0 Å². The second-order valence-corrected chi connectivity index (χ2v) is 4.20. The van der Waals surface area contributed by atoms with Gasteiger partial charge in [0, 0.05) is 6.42 Å². The molecule has 0 bridgehead atoms. The highest BCUT2D eigenvalue weighted by atomic mass is 19.1. The lowest BCUT2D eigenvalue weighted by Crippen LogP contribution is -2.13. The van der Waals surface area contributed by atoms with Crippen molar-refractivity contribution in [3.05, 3.63) is 35.9 Å². The quantitative estimate of drug-likeness (QED) is 0.645. The molecule has 0 atom stereocenters. The normalized spacial score (nSPS) is 15.2. The van der Waals surface area contributed by atoms with Crippen LogP contribution < -0.4 is 5.32 Å². The molecule has 1 aromatic heterocycles. The summed E-state index contributed by atoms with van der Waals surface area (Å²) < 4.78 is 12.6. The Morgan fingerprint density at radius 1 is 1.41 bits per heavy atom. The zero-order valence-corrected chi connectivity index (χ0v) is 9.58. The first-order valence-electron chi connectivity index (χ1n) is 5.83. The molecule has 1 aromatic rings. The first-order chi connectivity index (χ1) is 8.24. The molecule has 0 spiro atoms. The molecule has 1 heterocycles. The highest BCUT2D eigenvalue weighted by molar-refractivity contribution is 5.92. The molecule has 2 rings (SSSR count). The lowest BCUT2D eigenvalue weighted by Gasteiger charge is -2.12. The van der Waals surface area contributed by atoms with Crippen molar-refractivity contribution in [1.82, 2.24) is 4.98 Å². The molecular formula is C13H15FN2O. The van der Waals surface area contributed by atoms with E-state index in [0.29, 0.717) is 12.1 Å². The van der Waals surface area contributed by atoms with E-state index < -0.39 is 5.95 Å². The van der Waals surface area contributed by atoms with E-state index in [1.165, 1.54) is 30.3 Å². The van der Waals surface area contributed by atoms with Gasteiger partial charge in [0.15, 0.2) is 0 Å². The molecule has 0 aliphatic heterocycles. The van der Waals surface area contributed by atoms with Crippen molar-refractivity contribution in [3.8, 4) is 0 Å². The highest BCUT2D eigenvalue weighted by Crippen LogP contribution is 2.20. The maximum Gasteiger partial charge on any atom is 0.228 e. The molecule has 0 saturated carbocycles. The van der Waals surface area contributed by atoms with E-state index in [0.717, 1.165) is 19.3 Å².